The van der Waals surface area contributed by atoms with Crippen molar-refractivity contribution in [2.75, 3.05) is 0 Å². The molecule has 1 N–H and O–H groups in total. The summed E-state index contributed by atoms with van der Waals surface area (Å²) >= 11 is 0. The minimum Gasteiger partial charge on any atom is -0.473 e. The Morgan fingerprint density at radius 3 is 2.81 bits per heavy atom. The fourth-order valence-corrected chi connectivity index (χ4v) is 3.14. The highest BCUT2D eigenvalue weighted by molar-refractivity contribution is 5.94. The minimum atomic E-state index is 0.505. The smallest absolute Gasteiger partial charge is 0.214 e. The molecule has 3 aromatic heterocycles. The monoisotopic (exact) mass is 360 g/mol. The van der Waals surface area contributed by atoms with E-state index >= 15 is 0 Å². The first kappa shape index (κ1) is 17.3. The number of nitrogens with one attached hydrogen (secondary N) is 1. The van der Waals surface area contributed by atoms with Gasteiger partial charge in [0, 0.05) is 29.8 Å². The lowest BCUT2D eigenvalue weighted by Crippen LogP contribution is -2.01. The highest BCUT2D eigenvalue weighted by Crippen LogP contribution is 2.30. The second kappa shape index (κ2) is 7.66. The van der Waals surface area contributed by atoms with Crippen LogP contribution in [0, 0.1) is 5.92 Å². The molecule has 0 aliphatic heterocycles. The molecule has 5 nitrogen and oxygen atoms in total. The van der Waals surface area contributed by atoms with Gasteiger partial charge in [0.15, 0.2) is 0 Å². The van der Waals surface area contributed by atoms with Crippen LogP contribution in [0.5, 0.6) is 5.88 Å². The van der Waals surface area contributed by atoms with Gasteiger partial charge in [-0.1, -0.05) is 44.2 Å². The SMILES string of the molecule is CC(C)CCn1cncc1-c1c[nH]c2cnc(OCc3ccccc3)cc12. The number of aromatic amines is 1. The van der Waals surface area contributed by atoms with Gasteiger partial charge in [-0.3, -0.25) is 0 Å². The highest BCUT2D eigenvalue weighted by atomic mass is 16.5. The van der Waals surface area contributed by atoms with Crippen molar-refractivity contribution in [2.45, 2.75) is 33.4 Å². The first-order valence-electron chi connectivity index (χ1n) is 9.35. The van der Waals surface area contributed by atoms with Crippen molar-refractivity contribution in [1.29, 1.82) is 0 Å². The summed E-state index contributed by atoms with van der Waals surface area (Å²) in [5, 5.41) is 1.10. The molecule has 138 valence electrons. The lowest BCUT2D eigenvalue weighted by Gasteiger charge is -2.10. The number of imidazole rings is 1. The number of nitrogens with zero attached hydrogens (tertiary/aromatic N) is 3. The number of aromatic nitrogens is 4. The van der Waals surface area contributed by atoms with Crippen molar-refractivity contribution in [2.24, 2.45) is 5.92 Å². The van der Waals surface area contributed by atoms with Gasteiger partial charge in [-0.2, -0.15) is 0 Å². The summed E-state index contributed by atoms with van der Waals surface area (Å²) < 4.78 is 8.12. The Labute approximate surface area is 159 Å². The summed E-state index contributed by atoms with van der Waals surface area (Å²) in [4.78, 5) is 12.1. The van der Waals surface area contributed by atoms with E-state index in [9.17, 15) is 0 Å². The van der Waals surface area contributed by atoms with Crippen molar-refractivity contribution < 1.29 is 4.74 Å². The molecule has 4 aromatic rings. The Morgan fingerprint density at radius 2 is 2.00 bits per heavy atom. The maximum atomic E-state index is 5.90. The van der Waals surface area contributed by atoms with Crippen LogP contribution in [0.25, 0.3) is 22.2 Å². The summed E-state index contributed by atoms with van der Waals surface area (Å²) in [5.74, 6) is 1.28. The van der Waals surface area contributed by atoms with Crippen LogP contribution in [-0.4, -0.2) is 19.5 Å². The van der Waals surface area contributed by atoms with Crippen molar-refractivity contribution in [3.8, 4) is 17.1 Å². The molecule has 27 heavy (non-hydrogen) atoms. The zero-order valence-electron chi connectivity index (χ0n) is 15.7. The number of fused-ring (bicyclic) bond motifs is 1. The molecule has 0 amide bonds. The first-order chi connectivity index (χ1) is 13.2. The van der Waals surface area contributed by atoms with Gasteiger partial charge in [0.2, 0.25) is 5.88 Å². The van der Waals surface area contributed by atoms with Crippen LogP contribution >= 0.6 is 0 Å². The normalized spacial score (nSPS) is 11.4. The number of hydrogen-bond acceptors (Lipinski definition) is 3. The standard InChI is InChI=1S/C22H24N4O/c1-16(2)8-9-26-15-23-13-21(26)19-11-24-20-12-25-22(10-18(19)20)27-14-17-6-4-3-5-7-17/h3-7,10-13,15-16,24H,8-9,14H2,1-2H3. The fourth-order valence-electron chi connectivity index (χ4n) is 3.14. The van der Waals surface area contributed by atoms with E-state index in [-0.39, 0.29) is 0 Å². The van der Waals surface area contributed by atoms with E-state index in [0.29, 0.717) is 18.4 Å². The second-order valence-corrected chi connectivity index (χ2v) is 7.20. The van der Waals surface area contributed by atoms with Crippen molar-refractivity contribution in [1.82, 2.24) is 19.5 Å². The molecule has 0 aliphatic rings. The quantitative estimate of drug-likeness (QED) is 0.502. The Hall–Kier alpha value is -3.08. The Kier molecular flexibility index (Phi) is 4.92. The fraction of sp³-hybridized carbons (Fsp3) is 0.273. The van der Waals surface area contributed by atoms with Gasteiger partial charge in [0.05, 0.1) is 29.9 Å². The number of hydrogen-bond donors (Lipinski definition) is 1. The van der Waals surface area contributed by atoms with Crippen LogP contribution in [0.2, 0.25) is 0 Å². The van der Waals surface area contributed by atoms with E-state index in [2.05, 4.69) is 33.4 Å². The predicted molar refractivity (Wildman–Crippen MR) is 108 cm³/mol. The molecule has 0 unspecified atom stereocenters. The summed E-state index contributed by atoms with van der Waals surface area (Å²) in [5.41, 5.74) is 4.36. The molecule has 0 spiro atoms. The molecule has 0 bridgehead atoms. The van der Waals surface area contributed by atoms with Crippen LogP contribution in [-0.2, 0) is 13.2 Å². The summed E-state index contributed by atoms with van der Waals surface area (Å²) in [6, 6.07) is 12.1. The molecule has 0 saturated heterocycles. The molecule has 5 heteroatoms. The molecule has 0 aliphatic carbocycles. The van der Waals surface area contributed by atoms with Gasteiger partial charge in [0.1, 0.15) is 6.61 Å². The van der Waals surface area contributed by atoms with E-state index < -0.39 is 0 Å². The molecular weight excluding hydrogens is 336 g/mol. The molecule has 0 saturated carbocycles. The number of H-pyrrole nitrogens is 1. The number of ether oxygens (including phenoxy) is 1. The van der Waals surface area contributed by atoms with E-state index in [0.717, 1.165) is 40.7 Å². The number of benzene rings is 1. The number of rotatable bonds is 7. The molecule has 3 heterocycles. The zero-order chi connectivity index (χ0) is 18.6. The number of aryl methyl sites for hydroxylation is 1. The zero-order valence-corrected chi connectivity index (χ0v) is 15.7. The molecule has 1 aromatic carbocycles. The average Bonchev–Trinajstić information content (AvgIpc) is 3.31. The van der Waals surface area contributed by atoms with Crippen molar-refractivity contribution in [3.63, 3.8) is 0 Å². The van der Waals surface area contributed by atoms with Crippen LogP contribution in [0.1, 0.15) is 25.8 Å². The Balaban J connectivity index is 1.60. The van der Waals surface area contributed by atoms with Gasteiger partial charge in [-0.25, -0.2) is 9.97 Å². The third-order valence-corrected chi connectivity index (χ3v) is 4.71. The maximum Gasteiger partial charge on any atom is 0.214 e. The third-order valence-electron chi connectivity index (χ3n) is 4.71. The van der Waals surface area contributed by atoms with Gasteiger partial charge in [-0.05, 0) is 17.9 Å². The van der Waals surface area contributed by atoms with Crippen LogP contribution in [0.3, 0.4) is 0 Å². The average molecular weight is 360 g/mol. The topological polar surface area (TPSA) is 55.7 Å². The molecular formula is C22H24N4O. The van der Waals surface area contributed by atoms with Crippen LogP contribution in [0.4, 0.5) is 0 Å². The van der Waals surface area contributed by atoms with Crippen molar-refractivity contribution in [3.05, 3.63) is 66.9 Å². The first-order valence-corrected chi connectivity index (χ1v) is 9.35. The molecule has 0 fully saturated rings. The molecule has 4 rings (SSSR count). The van der Waals surface area contributed by atoms with E-state index in [1.807, 2.05) is 61.3 Å². The largest absolute Gasteiger partial charge is 0.473 e. The second-order valence-electron chi connectivity index (χ2n) is 7.20. The number of pyridine rings is 1. The van der Waals surface area contributed by atoms with Crippen LogP contribution < -0.4 is 4.74 Å². The van der Waals surface area contributed by atoms with Crippen molar-refractivity contribution >= 4 is 10.9 Å². The van der Waals surface area contributed by atoms with Gasteiger partial charge < -0.3 is 14.3 Å². The Morgan fingerprint density at radius 1 is 1.15 bits per heavy atom. The van der Waals surface area contributed by atoms with E-state index in [1.165, 1.54) is 0 Å². The van der Waals surface area contributed by atoms with Gasteiger partial charge >= 0.3 is 0 Å². The molecule has 0 atom stereocenters. The summed E-state index contributed by atoms with van der Waals surface area (Å²) in [6.07, 6.45) is 8.81. The third kappa shape index (κ3) is 3.87. The van der Waals surface area contributed by atoms with Gasteiger partial charge in [-0.15, -0.1) is 0 Å². The van der Waals surface area contributed by atoms with E-state index in [4.69, 9.17) is 4.74 Å². The molecule has 0 radical (unpaired) electrons. The highest BCUT2D eigenvalue weighted by Gasteiger charge is 2.13. The maximum absolute atomic E-state index is 5.90. The lowest BCUT2D eigenvalue weighted by molar-refractivity contribution is 0.294. The lowest BCUT2D eigenvalue weighted by atomic mass is 10.1. The van der Waals surface area contributed by atoms with Gasteiger partial charge in [0.25, 0.3) is 0 Å². The minimum absolute atomic E-state index is 0.505. The summed E-state index contributed by atoms with van der Waals surface area (Å²) in [7, 11) is 0. The van der Waals surface area contributed by atoms with E-state index in [1.54, 1.807) is 0 Å². The summed E-state index contributed by atoms with van der Waals surface area (Å²) in [6.45, 7) is 5.95. The Bertz CT molecular complexity index is 1020. The van der Waals surface area contributed by atoms with Crippen LogP contribution in [0.15, 0.2) is 61.3 Å². The predicted octanol–water partition coefficient (Wildman–Crippen LogP) is 5.05.